The molecule has 0 aromatic heterocycles. The maximum Gasteiger partial charge on any atom is 0.231 e. The number of nitrogens with zero attached hydrogens (tertiary/aromatic N) is 1. The standard InChI is InChI=1S/C23H27NO5.B47/c1-24-11-10-16-12-20-22(29-14-28-20)23(27-3)21(16)19(24)13-17(25)7-4-15-5-8-18(26-2)9-6-15;1-25-37(24)43(36(22)23)46(42(34(18)19)35(20)21)47(44(38(26(2)3)27(4)5)39(28(6)7)29(8)9)45(40(30(10)11)31(12)13)41(32(14)15)33(16)17/h5-6,8-9,12,19H,4,7,10-11,13-14H2,1-3H3;. The third-order valence-corrected chi connectivity index (χ3v) is 15.4. The summed E-state index contributed by atoms with van der Waals surface area (Å²) < 4.78 is 22.1. The Bertz CT molecular complexity index is 1920. The molecule has 0 bridgehead atoms. The summed E-state index contributed by atoms with van der Waals surface area (Å²) in [7, 11) is 160. The van der Waals surface area contributed by atoms with Gasteiger partial charge in [0.2, 0.25) is 12.5 Å². The largest absolute Gasteiger partial charge is 0.497 e. The van der Waals surface area contributed by atoms with Crippen LogP contribution in [0.5, 0.6) is 23.0 Å². The Morgan fingerprint density at radius 1 is 0.566 bits per heavy atom. The Morgan fingerprint density at radius 2 is 0.947 bits per heavy atom. The number of ether oxygens (including phenoxy) is 4. The summed E-state index contributed by atoms with van der Waals surface area (Å²) in [6.07, 6.45) is -24.3. The molecule has 2 aromatic carbocycles. The number of hydrogen-bond acceptors (Lipinski definition) is 6. The summed E-state index contributed by atoms with van der Waals surface area (Å²) in [5.74, 6) is 3.15. The van der Waals surface area contributed by atoms with Gasteiger partial charge < -0.3 is 18.9 Å². The number of aryl methyl sites for hydroxylation is 1. The molecule has 0 amide bonds. The third-order valence-electron chi connectivity index (χ3n) is 15.4. The first kappa shape index (κ1) is 70.6. The van der Waals surface area contributed by atoms with Crippen molar-refractivity contribution in [2.24, 2.45) is 0 Å². The summed E-state index contributed by atoms with van der Waals surface area (Å²) >= 11 is 0. The fourth-order valence-corrected chi connectivity index (χ4v) is 12.0. The quantitative estimate of drug-likeness (QED) is 0.0758. The molecular formula is C23H27B47NO5. The molecule has 1 unspecified atom stereocenters. The lowest BCUT2D eigenvalue weighted by molar-refractivity contribution is -0.120. The summed E-state index contributed by atoms with van der Waals surface area (Å²) in [5.41, 5.74) is 3.37. The van der Waals surface area contributed by atoms with Gasteiger partial charge in [-0.15, -0.1) is 0 Å². The number of carbonyl (C=O) groups excluding carboxylic acids is 1. The van der Waals surface area contributed by atoms with Crippen molar-refractivity contribution >= 4 is 339 Å². The van der Waals surface area contributed by atoms with Gasteiger partial charge in [-0.3, -0.25) is 9.69 Å². The first-order chi connectivity index (χ1) is 35.5. The average molecular weight is 906 g/mol. The Kier molecular flexibility index (Phi) is 30.6. The van der Waals surface area contributed by atoms with E-state index in [2.05, 4.69) is 11.9 Å². The lowest BCUT2D eigenvalue weighted by atomic mass is 8.25. The van der Waals surface area contributed by atoms with Gasteiger partial charge in [0, 0.05) is 364 Å². The van der Waals surface area contributed by atoms with Crippen molar-refractivity contribution in [3.05, 3.63) is 47.0 Å². The van der Waals surface area contributed by atoms with Crippen molar-refractivity contribution in [1.82, 2.24) is 4.90 Å². The van der Waals surface area contributed by atoms with Crippen molar-refractivity contribution in [3.63, 3.8) is 0 Å². The van der Waals surface area contributed by atoms with Gasteiger partial charge in [0.1, 0.15) is 11.5 Å². The maximum absolute atomic E-state index is 12.8. The highest BCUT2D eigenvalue weighted by molar-refractivity contribution is 8.34. The molecule has 0 saturated heterocycles. The normalized spacial score (nSPS) is 12.7. The summed E-state index contributed by atoms with van der Waals surface area (Å²) in [6, 6.07) is 9.90. The zero-order valence-electron chi connectivity index (χ0n) is 44.3. The second-order valence-electron chi connectivity index (χ2n) is 20.4. The van der Waals surface area contributed by atoms with E-state index in [0.29, 0.717) is 24.3 Å². The van der Waals surface area contributed by atoms with E-state index in [1.165, 1.54) is 5.56 Å². The molecular weight excluding hydrogens is 878 g/mol. The van der Waals surface area contributed by atoms with Crippen molar-refractivity contribution in [1.29, 1.82) is 0 Å². The number of ketones is 1. The summed E-state index contributed by atoms with van der Waals surface area (Å²) in [4.78, 5) is 15.1. The minimum Gasteiger partial charge on any atom is -0.497 e. The average Bonchev–Trinajstić information content (AvgIpc) is 3.78. The minimum atomic E-state index is -1.30. The molecule has 76 heavy (non-hydrogen) atoms. The Labute approximate surface area is 500 Å². The SMILES string of the molecule is COc1ccc(CCC(=O)CC2c3c(cc4c(c3OC)OCO4)CCN2C)cc1.[B][B]B([B])B(B([B])[B])B(B(B([B])[B])B([B])[B])B(B(B(B([B])[B])B([B])[B])B(B([B])[B])B([B])[B])B(B(B([B])[B])B([B])[B])B(B([B])[B])B([B])[B]. The molecule has 0 N–H and O–H groups in total. The van der Waals surface area contributed by atoms with Gasteiger partial charge in [0.05, 0.1) is 14.2 Å². The van der Waals surface area contributed by atoms with Crippen LogP contribution < -0.4 is 18.9 Å². The molecule has 0 aliphatic carbocycles. The van der Waals surface area contributed by atoms with E-state index in [-0.39, 0.29) is 18.6 Å². The van der Waals surface area contributed by atoms with Crippen LogP contribution in [-0.4, -0.2) is 379 Å². The summed E-state index contributed by atoms with van der Waals surface area (Å²) in [5, 5.41) is 0. The molecule has 0 saturated carbocycles. The fraction of sp³-hybridized carbons (Fsp3) is 0.435. The number of benzene rings is 2. The van der Waals surface area contributed by atoms with Gasteiger partial charge in [0.15, 0.2) is 11.5 Å². The van der Waals surface area contributed by atoms with Gasteiger partial charge in [-0.2, -0.15) is 0 Å². The van der Waals surface area contributed by atoms with Crippen LogP contribution in [0.3, 0.4) is 0 Å². The van der Waals surface area contributed by atoms with E-state index in [0.717, 1.165) is 49.1 Å². The second-order valence-corrected chi connectivity index (χ2v) is 20.4. The van der Waals surface area contributed by atoms with Gasteiger partial charge in [0.25, 0.3) is 0 Å². The van der Waals surface area contributed by atoms with Crippen LogP contribution in [0.15, 0.2) is 30.3 Å². The molecule has 53 heteroatoms. The summed E-state index contributed by atoms with van der Waals surface area (Å²) in [6.45, 7) is 1.10. The molecule has 2 heterocycles. The fourth-order valence-electron chi connectivity index (χ4n) is 12.0. The van der Waals surface area contributed by atoms with E-state index < -0.39 is 140 Å². The highest BCUT2D eigenvalue weighted by Gasteiger charge is 2.59. The van der Waals surface area contributed by atoms with Crippen LogP contribution >= 0.6 is 0 Å². The van der Waals surface area contributed by atoms with Crippen molar-refractivity contribution in [2.75, 3.05) is 34.6 Å². The van der Waals surface area contributed by atoms with Gasteiger partial charge >= 0.3 is 0 Å². The smallest absolute Gasteiger partial charge is 0.231 e. The Hall–Kier alpha value is 0.322. The highest BCUT2D eigenvalue weighted by atomic mass is 16.7. The van der Waals surface area contributed by atoms with E-state index >= 15 is 0 Å². The molecule has 2 aliphatic rings. The Morgan fingerprint density at radius 3 is 1.30 bits per heavy atom. The van der Waals surface area contributed by atoms with Crippen LogP contribution in [-0.2, 0) is 17.6 Å². The van der Waals surface area contributed by atoms with E-state index in [4.69, 9.17) is 205 Å². The lowest BCUT2D eigenvalue weighted by Crippen LogP contribution is -2.94. The number of Topliss-reactive ketones (excluding diaryl/α,β-unsaturated/α-hetero) is 1. The Balaban J connectivity index is 0.000000442. The topological polar surface area (TPSA) is 57.2 Å². The van der Waals surface area contributed by atoms with E-state index in [9.17, 15) is 4.79 Å². The number of rotatable bonds is 29. The lowest BCUT2D eigenvalue weighted by Gasteiger charge is -2.56. The van der Waals surface area contributed by atoms with E-state index in [1.807, 2.05) is 30.3 Å². The number of hydrogen-bond donors (Lipinski definition) is 0. The molecule has 1 atom stereocenters. The molecule has 49 radical (unpaired) electrons. The maximum atomic E-state index is 12.8. The first-order valence-corrected chi connectivity index (χ1v) is 25.3. The second kappa shape index (κ2) is 33.0. The molecule has 2 aromatic rings. The zero-order chi connectivity index (χ0) is 57.8. The zero-order valence-corrected chi connectivity index (χ0v) is 44.3. The third kappa shape index (κ3) is 18.2. The van der Waals surface area contributed by atoms with Gasteiger partial charge in [-0.25, -0.2) is 0 Å². The number of fused-ring (bicyclic) bond motifs is 2. The molecule has 4 rings (SSSR count). The van der Waals surface area contributed by atoms with Crippen LogP contribution in [0.4, 0.5) is 0 Å². The number of likely N-dealkylation sites (N-methyl/N-ethyl adjacent to an activating group) is 1. The van der Waals surface area contributed by atoms with E-state index in [1.54, 1.807) is 14.2 Å². The predicted octanol–water partition coefficient (Wildman–Crippen LogP) is -14.3. The first-order valence-electron chi connectivity index (χ1n) is 25.3. The molecule has 295 valence electrons. The monoisotopic (exact) mass is 915 g/mol. The molecule has 6 nitrogen and oxygen atoms in total. The number of carbonyl (C=O) groups is 1. The molecule has 0 fully saturated rings. The van der Waals surface area contributed by atoms with Crippen LogP contribution in [0.2, 0.25) is 0 Å². The number of methoxy groups -OCH3 is 2. The van der Waals surface area contributed by atoms with Crippen molar-refractivity contribution < 1.29 is 23.7 Å². The van der Waals surface area contributed by atoms with Crippen LogP contribution in [0.1, 0.15) is 35.6 Å². The van der Waals surface area contributed by atoms with Gasteiger partial charge in [-0.1, -0.05) is 12.1 Å². The molecule has 0 spiro atoms. The minimum absolute atomic E-state index is 0.0217. The molecule has 2 aliphatic heterocycles. The van der Waals surface area contributed by atoms with Crippen molar-refractivity contribution in [3.8, 4) is 23.0 Å². The van der Waals surface area contributed by atoms with Crippen LogP contribution in [0, 0.1) is 0 Å². The highest BCUT2D eigenvalue weighted by Crippen LogP contribution is 2.50. The van der Waals surface area contributed by atoms with Gasteiger partial charge in [-0.05, 0) is 49.2 Å². The van der Waals surface area contributed by atoms with Crippen molar-refractivity contribution in [2.45, 2.75) is 31.7 Å². The predicted molar refractivity (Wildman–Crippen MR) is 380 cm³/mol. The van der Waals surface area contributed by atoms with Crippen LogP contribution in [0.25, 0.3) is 0 Å².